The van der Waals surface area contributed by atoms with Crippen LogP contribution in [0.5, 0.6) is 11.5 Å². The van der Waals surface area contributed by atoms with Crippen LogP contribution in [0.2, 0.25) is 0 Å². The predicted octanol–water partition coefficient (Wildman–Crippen LogP) is 6.77. The minimum Gasteiger partial charge on any atom is -0.493 e. The van der Waals surface area contributed by atoms with E-state index >= 15 is 0 Å². The summed E-state index contributed by atoms with van der Waals surface area (Å²) in [7, 11) is 1.53. The van der Waals surface area contributed by atoms with E-state index in [1.807, 2.05) is 13.8 Å². The molecule has 0 atom stereocenters. The van der Waals surface area contributed by atoms with Crippen LogP contribution in [0.4, 0.5) is 18.9 Å². The molecular weight excluding hydrogens is 433 g/mol. The third-order valence-electron chi connectivity index (χ3n) is 4.36. The number of halogens is 3. The molecule has 156 valence electrons. The number of alkyl halides is 3. The number of aliphatic imine (C=N–C) groups is 1. The summed E-state index contributed by atoms with van der Waals surface area (Å²) in [4.78, 5) is 9.34. The Morgan fingerprint density at radius 2 is 1.83 bits per heavy atom. The monoisotopic (exact) mass is 450 g/mol. The highest BCUT2D eigenvalue weighted by atomic mass is 32.1. The van der Waals surface area contributed by atoms with Crippen molar-refractivity contribution in [3.05, 3.63) is 58.1 Å². The van der Waals surface area contributed by atoms with Crippen LogP contribution in [0, 0.1) is 13.8 Å². The summed E-state index contributed by atoms with van der Waals surface area (Å²) < 4.78 is 49.6. The van der Waals surface area contributed by atoms with E-state index in [0.29, 0.717) is 27.8 Å². The zero-order chi connectivity index (χ0) is 21.9. The van der Waals surface area contributed by atoms with E-state index in [1.165, 1.54) is 30.6 Å². The van der Waals surface area contributed by atoms with Crippen LogP contribution in [0.3, 0.4) is 0 Å². The number of ether oxygens (including phenoxy) is 2. The van der Waals surface area contributed by atoms with Gasteiger partial charge in [-0.3, -0.25) is 0 Å². The molecule has 0 N–H and O–H groups in total. The molecule has 1 heterocycles. The first-order chi connectivity index (χ1) is 14.2. The minimum absolute atomic E-state index is 0.246. The number of hydrogen-bond acceptors (Lipinski definition) is 6. The lowest BCUT2D eigenvalue weighted by molar-refractivity contribution is -0.137. The molecule has 0 spiro atoms. The topological polar surface area (TPSA) is 43.7 Å². The summed E-state index contributed by atoms with van der Waals surface area (Å²) >= 11 is 6.03. The fraction of sp³-hybridized carbons (Fsp3) is 0.238. The summed E-state index contributed by atoms with van der Waals surface area (Å²) in [6, 6.07) is 8.48. The lowest BCUT2D eigenvalue weighted by Gasteiger charge is -2.12. The molecule has 0 aliphatic rings. The Balaban J connectivity index is 1.80. The van der Waals surface area contributed by atoms with Gasteiger partial charge >= 0.3 is 6.18 Å². The highest BCUT2D eigenvalue weighted by Gasteiger charge is 2.30. The van der Waals surface area contributed by atoms with Crippen molar-refractivity contribution < 1.29 is 22.6 Å². The second-order valence-corrected chi connectivity index (χ2v) is 7.65. The average molecular weight is 451 g/mol. The van der Waals surface area contributed by atoms with Crippen LogP contribution in [0.15, 0.2) is 41.4 Å². The molecule has 3 aromatic rings. The van der Waals surface area contributed by atoms with E-state index < -0.39 is 11.7 Å². The van der Waals surface area contributed by atoms with Gasteiger partial charge in [0.05, 0.1) is 34.1 Å². The van der Waals surface area contributed by atoms with Gasteiger partial charge < -0.3 is 9.47 Å². The third-order valence-corrected chi connectivity index (χ3v) is 5.63. The molecule has 0 fully saturated rings. The maximum atomic E-state index is 12.8. The number of benzene rings is 2. The molecule has 0 unspecified atom stereocenters. The summed E-state index contributed by atoms with van der Waals surface area (Å²) in [6.07, 6.45) is -4.36. The van der Waals surface area contributed by atoms with Gasteiger partial charge in [-0.1, -0.05) is 12.1 Å². The summed E-state index contributed by atoms with van der Waals surface area (Å²) in [5.74, 6) is 1.05. The SMILES string of the molecule is COc1cc(N=C=S)c(C)cc1OCc1sc(-c2ccc(C(F)(F)F)cc2)nc1C. The molecular formula is C21H17F3N2O2S2. The Morgan fingerprint density at radius 1 is 1.13 bits per heavy atom. The number of nitrogens with zero attached hydrogens (tertiary/aromatic N) is 2. The molecule has 0 aliphatic carbocycles. The molecule has 9 heteroatoms. The number of thiazole rings is 1. The van der Waals surface area contributed by atoms with Gasteiger partial charge in [0.1, 0.15) is 11.6 Å². The second kappa shape index (κ2) is 8.95. The number of aryl methyl sites for hydroxylation is 2. The zero-order valence-corrected chi connectivity index (χ0v) is 18.0. The summed E-state index contributed by atoms with van der Waals surface area (Å²) in [5.41, 5.74) is 2.19. The minimum atomic E-state index is -4.36. The number of aromatic nitrogens is 1. The number of methoxy groups -OCH3 is 1. The maximum absolute atomic E-state index is 12.8. The molecule has 0 saturated carbocycles. The quantitative estimate of drug-likeness (QED) is 0.307. The molecule has 0 radical (unpaired) electrons. The first kappa shape index (κ1) is 22.0. The van der Waals surface area contributed by atoms with Gasteiger partial charge in [-0.25, -0.2) is 4.98 Å². The number of isothiocyanates is 1. The molecule has 1 aromatic heterocycles. The van der Waals surface area contributed by atoms with Gasteiger partial charge in [0.25, 0.3) is 0 Å². The van der Waals surface area contributed by atoms with Crippen LogP contribution in [-0.4, -0.2) is 17.3 Å². The molecule has 0 amide bonds. The number of thiocarbonyl (C=S) groups is 1. The zero-order valence-electron chi connectivity index (χ0n) is 16.3. The smallest absolute Gasteiger partial charge is 0.416 e. The molecule has 4 nitrogen and oxygen atoms in total. The van der Waals surface area contributed by atoms with Crippen LogP contribution in [-0.2, 0) is 12.8 Å². The fourth-order valence-electron chi connectivity index (χ4n) is 2.72. The van der Waals surface area contributed by atoms with Crippen molar-refractivity contribution in [3.8, 4) is 22.1 Å². The van der Waals surface area contributed by atoms with Gasteiger partial charge in [-0.05, 0) is 49.8 Å². The van der Waals surface area contributed by atoms with Crippen molar-refractivity contribution in [1.29, 1.82) is 0 Å². The summed E-state index contributed by atoms with van der Waals surface area (Å²) in [5, 5.41) is 2.97. The van der Waals surface area contributed by atoms with Gasteiger partial charge in [-0.15, -0.1) is 11.3 Å². The van der Waals surface area contributed by atoms with E-state index in [0.717, 1.165) is 28.3 Å². The Morgan fingerprint density at radius 3 is 2.43 bits per heavy atom. The van der Waals surface area contributed by atoms with E-state index in [1.54, 1.807) is 12.1 Å². The maximum Gasteiger partial charge on any atom is 0.416 e. The predicted molar refractivity (Wildman–Crippen MR) is 114 cm³/mol. The number of hydrogen-bond donors (Lipinski definition) is 0. The molecule has 0 saturated heterocycles. The molecule has 3 rings (SSSR count). The Labute approximate surface area is 181 Å². The normalized spacial score (nSPS) is 11.1. The van der Waals surface area contributed by atoms with Crippen LogP contribution in [0.25, 0.3) is 10.6 Å². The van der Waals surface area contributed by atoms with Crippen molar-refractivity contribution in [3.63, 3.8) is 0 Å². The van der Waals surface area contributed by atoms with E-state index in [4.69, 9.17) is 9.47 Å². The summed E-state index contributed by atoms with van der Waals surface area (Å²) in [6.45, 7) is 3.96. The fourth-order valence-corrected chi connectivity index (χ4v) is 3.80. The van der Waals surface area contributed by atoms with Gasteiger partial charge in [0.15, 0.2) is 11.5 Å². The van der Waals surface area contributed by atoms with Crippen LogP contribution in [0.1, 0.15) is 21.7 Å². The highest BCUT2D eigenvalue weighted by molar-refractivity contribution is 7.78. The van der Waals surface area contributed by atoms with Crippen molar-refractivity contribution in [2.75, 3.05) is 7.11 Å². The second-order valence-electron chi connectivity index (χ2n) is 6.38. The largest absolute Gasteiger partial charge is 0.493 e. The molecule has 2 aromatic carbocycles. The van der Waals surface area contributed by atoms with Crippen molar-refractivity contribution in [1.82, 2.24) is 4.98 Å². The molecule has 0 bridgehead atoms. The Hall–Kier alpha value is -2.74. The van der Waals surface area contributed by atoms with Crippen molar-refractivity contribution in [2.45, 2.75) is 26.6 Å². The first-order valence-corrected chi connectivity index (χ1v) is 9.98. The van der Waals surface area contributed by atoms with Gasteiger partial charge in [-0.2, -0.15) is 18.2 Å². The van der Waals surface area contributed by atoms with Crippen LogP contribution < -0.4 is 9.47 Å². The number of rotatable bonds is 6. The van der Waals surface area contributed by atoms with E-state index in [2.05, 4.69) is 27.4 Å². The first-order valence-electron chi connectivity index (χ1n) is 8.76. The molecule has 0 aliphatic heterocycles. The Bertz CT molecular complexity index is 1100. The molecule has 30 heavy (non-hydrogen) atoms. The van der Waals surface area contributed by atoms with Crippen molar-refractivity contribution in [2.24, 2.45) is 4.99 Å². The van der Waals surface area contributed by atoms with E-state index in [-0.39, 0.29) is 6.61 Å². The van der Waals surface area contributed by atoms with Crippen LogP contribution >= 0.6 is 23.6 Å². The lowest BCUT2D eigenvalue weighted by Crippen LogP contribution is -2.03. The highest BCUT2D eigenvalue weighted by Crippen LogP contribution is 2.36. The van der Waals surface area contributed by atoms with Gasteiger partial charge in [0.2, 0.25) is 0 Å². The van der Waals surface area contributed by atoms with E-state index in [9.17, 15) is 13.2 Å². The van der Waals surface area contributed by atoms with Crippen molar-refractivity contribution >= 4 is 34.4 Å². The lowest BCUT2D eigenvalue weighted by atomic mass is 10.1. The third kappa shape index (κ3) is 4.87. The standard InChI is InChI=1S/C21H17F3N2O2S2/c1-12-8-18(17(27-3)9-16(12)25-11-29)28-10-19-13(2)26-20(30-19)14-4-6-15(7-5-14)21(22,23)24/h4-9H,10H2,1-3H3. The van der Waals surface area contributed by atoms with Gasteiger partial charge in [0, 0.05) is 11.6 Å². The Kier molecular flexibility index (Phi) is 6.55. The average Bonchev–Trinajstić information content (AvgIpc) is 3.08.